The van der Waals surface area contributed by atoms with Crippen molar-refractivity contribution >= 4 is 23.0 Å². The molecule has 6 heteroatoms. The molecule has 1 amide bonds. The molecule has 0 saturated carbocycles. The highest BCUT2D eigenvalue weighted by molar-refractivity contribution is 6.06. The summed E-state index contributed by atoms with van der Waals surface area (Å²) in [5.74, 6) is -0.329. The van der Waals surface area contributed by atoms with Crippen molar-refractivity contribution in [3.8, 4) is 0 Å². The summed E-state index contributed by atoms with van der Waals surface area (Å²) in [6.07, 6.45) is 2.87. The minimum atomic E-state index is -0.407. The van der Waals surface area contributed by atoms with Gasteiger partial charge >= 0.3 is 0 Å². The van der Waals surface area contributed by atoms with Gasteiger partial charge in [0, 0.05) is 30.4 Å². The molecule has 1 aliphatic heterocycles. The third-order valence-electron chi connectivity index (χ3n) is 4.86. The number of rotatable bonds is 5. The minimum Gasteiger partial charge on any atom is -0.366 e. The van der Waals surface area contributed by atoms with Crippen molar-refractivity contribution in [1.29, 1.82) is 0 Å². The van der Waals surface area contributed by atoms with E-state index in [0.29, 0.717) is 11.3 Å². The number of carbonyl (C=O) groups excluding carboxylic acids is 1. The standard InChI is InChI=1S/C20H23N3O3/c1-3-15-8-6-7-14(2)19(15)21-20(24)16-9-10-17(18(13-16)23(25)26)22-11-4-5-12-22/h6-10,13H,3-5,11-12H2,1-2H3,(H,21,24). The SMILES string of the molecule is CCc1cccc(C)c1NC(=O)c1ccc(N2CCCC2)c([N+](=O)[O-])c1. The molecule has 0 atom stereocenters. The van der Waals surface area contributed by atoms with Crippen LogP contribution in [0, 0.1) is 17.0 Å². The van der Waals surface area contributed by atoms with Crippen LogP contribution in [0.25, 0.3) is 0 Å². The number of aryl methyl sites for hydroxylation is 2. The molecule has 1 aliphatic rings. The first-order valence-corrected chi connectivity index (χ1v) is 8.94. The Morgan fingerprint density at radius 3 is 2.62 bits per heavy atom. The zero-order chi connectivity index (χ0) is 18.7. The van der Waals surface area contributed by atoms with Gasteiger partial charge in [0.25, 0.3) is 11.6 Å². The number of nitro groups is 1. The van der Waals surface area contributed by atoms with E-state index in [2.05, 4.69) is 5.32 Å². The fourth-order valence-electron chi connectivity index (χ4n) is 3.42. The summed E-state index contributed by atoms with van der Waals surface area (Å²) in [5.41, 5.74) is 3.67. The predicted octanol–water partition coefficient (Wildman–Crippen LogP) is 4.32. The van der Waals surface area contributed by atoms with Gasteiger partial charge in [0.2, 0.25) is 0 Å². The molecule has 0 aromatic heterocycles. The summed E-state index contributed by atoms with van der Waals surface area (Å²) in [7, 11) is 0. The summed E-state index contributed by atoms with van der Waals surface area (Å²) < 4.78 is 0. The smallest absolute Gasteiger partial charge is 0.293 e. The molecule has 1 N–H and O–H groups in total. The van der Waals surface area contributed by atoms with E-state index < -0.39 is 4.92 Å². The lowest BCUT2D eigenvalue weighted by atomic mass is 10.0. The summed E-state index contributed by atoms with van der Waals surface area (Å²) in [6, 6.07) is 10.6. The molecule has 1 fully saturated rings. The molecule has 2 aromatic carbocycles. The molecular weight excluding hydrogens is 330 g/mol. The molecule has 0 unspecified atom stereocenters. The van der Waals surface area contributed by atoms with Gasteiger partial charge < -0.3 is 10.2 Å². The van der Waals surface area contributed by atoms with E-state index in [9.17, 15) is 14.9 Å². The Morgan fingerprint density at radius 2 is 1.96 bits per heavy atom. The second-order valence-corrected chi connectivity index (χ2v) is 6.57. The van der Waals surface area contributed by atoms with Gasteiger partial charge in [-0.25, -0.2) is 0 Å². The van der Waals surface area contributed by atoms with Crippen molar-refractivity contribution in [3.05, 3.63) is 63.2 Å². The van der Waals surface area contributed by atoms with Gasteiger partial charge in [-0.15, -0.1) is 0 Å². The second-order valence-electron chi connectivity index (χ2n) is 6.57. The number of amides is 1. The number of nitrogens with one attached hydrogen (secondary N) is 1. The van der Waals surface area contributed by atoms with Crippen LogP contribution in [0.5, 0.6) is 0 Å². The van der Waals surface area contributed by atoms with E-state index in [-0.39, 0.29) is 11.6 Å². The van der Waals surface area contributed by atoms with Crippen molar-refractivity contribution in [2.75, 3.05) is 23.3 Å². The van der Waals surface area contributed by atoms with Crippen LogP contribution >= 0.6 is 0 Å². The molecule has 3 rings (SSSR count). The summed E-state index contributed by atoms with van der Waals surface area (Å²) >= 11 is 0. The van der Waals surface area contributed by atoms with E-state index in [4.69, 9.17) is 0 Å². The van der Waals surface area contributed by atoms with Crippen molar-refractivity contribution in [2.24, 2.45) is 0 Å². The molecule has 1 saturated heterocycles. The Kier molecular flexibility index (Phi) is 5.21. The van der Waals surface area contributed by atoms with Crippen molar-refractivity contribution < 1.29 is 9.72 Å². The summed E-state index contributed by atoms with van der Waals surface area (Å²) in [5, 5.41) is 14.4. The number of nitrogens with zero attached hydrogens (tertiary/aromatic N) is 2. The first kappa shape index (κ1) is 17.9. The van der Waals surface area contributed by atoms with Crippen molar-refractivity contribution in [1.82, 2.24) is 0 Å². The molecule has 0 radical (unpaired) electrons. The van der Waals surface area contributed by atoms with E-state index in [1.54, 1.807) is 12.1 Å². The Morgan fingerprint density at radius 1 is 1.23 bits per heavy atom. The van der Waals surface area contributed by atoms with E-state index >= 15 is 0 Å². The van der Waals surface area contributed by atoms with Gasteiger partial charge in [0.1, 0.15) is 5.69 Å². The lowest BCUT2D eigenvalue weighted by Crippen LogP contribution is -2.20. The average Bonchev–Trinajstić information content (AvgIpc) is 3.17. The molecule has 26 heavy (non-hydrogen) atoms. The van der Waals surface area contributed by atoms with E-state index in [1.165, 1.54) is 6.07 Å². The van der Waals surface area contributed by atoms with Gasteiger partial charge in [-0.05, 0) is 49.4 Å². The maximum Gasteiger partial charge on any atom is 0.293 e. The van der Waals surface area contributed by atoms with Crippen LogP contribution in [0.2, 0.25) is 0 Å². The van der Waals surface area contributed by atoms with E-state index in [0.717, 1.165) is 49.2 Å². The topological polar surface area (TPSA) is 75.5 Å². The summed E-state index contributed by atoms with van der Waals surface area (Å²) in [4.78, 5) is 25.8. The van der Waals surface area contributed by atoms with Crippen LogP contribution in [0.3, 0.4) is 0 Å². The molecule has 1 heterocycles. The highest BCUT2D eigenvalue weighted by Crippen LogP contribution is 2.32. The maximum absolute atomic E-state index is 12.7. The lowest BCUT2D eigenvalue weighted by Gasteiger charge is -2.18. The normalized spacial score (nSPS) is 13.7. The first-order chi connectivity index (χ1) is 12.5. The predicted molar refractivity (Wildman–Crippen MR) is 103 cm³/mol. The molecule has 0 aliphatic carbocycles. The minimum absolute atomic E-state index is 0.0138. The Hall–Kier alpha value is -2.89. The average molecular weight is 353 g/mol. The Bertz CT molecular complexity index is 842. The number of nitro benzene ring substituents is 1. The van der Waals surface area contributed by atoms with E-state index in [1.807, 2.05) is 36.9 Å². The maximum atomic E-state index is 12.7. The fourth-order valence-corrected chi connectivity index (χ4v) is 3.42. The number of benzene rings is 2. The van der Waals surface area contributed by atoms with Crippen LogP contribution in [-0.4, -0.2) is 23.9 Å². The van der Waals surface area contributed by atoms with Gasteiger partial charge in [-0.1, -0.05) is 25.1 Å². The number of anilines is 2. The summed E-state index contributed by atoms with van der Waals surface area (Å²) in [6.45, 7) is 5.60. The monoisotopic (exact) mass is 353 g/mol. The lowest BCUT2D eigenvalue weighted by molar-refractivity contribution is -0.384. The largest absolute Gasteiger partial charge is 0.366 e. The molecule has 136 valence electrons. The van der Waals surface area contributed by atoms with Crippen molar-refractivity contribution in [3.63, 3.8) is 0 Å². The van der Waals surface area contributed by atoms with Gasteiger partial charge in [0.15, 0.2) is 0 Å². The zero-order valence-corrected chi connectivity index (χ0v) is 15.1. The van der Waals surface area contributed by atoms with Crippen LogP contribution in [0.4, 0.5) is 17.1 Å². The number of hydrogen-bond donors (Lipinski definition) is 1. The first-order valence-electron chi connectivity index (χ1n) is 8.94. The highest BCUT2D eigenvalue weighted by atomic mass is 16.6. The molecule has 6 nitrogen and oxygen atoms in total. The zero-order valence-electron chi connectivity index (χ0n) is 15.1. The number of hydrogen-bond acceptors (Lipinski definition) is 4. The van der Waals surface area contributed by atoms with Crippen LogP contribution in [0.15, 0.2) is 36.4 Å². The Balaban J connectivity index is 1.91. The van der Waals surface area contributed by atoms with Crippen LogP contribution < -0.4 is 10.2 Å². The van der Waals surface area contributed by atoms with Crippen molar-refractivity contribution in [2.45, 2.75) is 33.1 Å². The fraction of sp³-hybridized carbons (Fsp3) is 0.350. The third-order valence-corrected chi connectivity index (χ3v) is 4.86. The second kappa shape index (κ2) is 7.56. The van der Waals surface area contributed by atoms with Gasteiger partial charge in [-0.3, -0.25) is 14.9 Å². The van der Waals surface area contributed by atoms with Crippen LogP contribution in [0.1, 0.15) is 41.3 Å². The number of para-hydroxylation sites is 1. The van der Waals surface area contributed by atoms with Gasteiger partial charge in [0.05, 0.1) is 4.92 Å². The quantitative estimate of drug-likeness (QED) is 0.642. The highest BCUT2D eigenvalue weighted by Gasteiger charge is 2.24. The van der Waals surface area contributed by atoms with Crippen LogP contribution in [-0.2, 0) is 6.42 Å². The third kappa shape index (κ3) is 3.54. The Labute approximate surface area is 153 Å². The molecular formula is C20H23N3O3. The molecule has 0 spiro atoms. The number of carbonyl (C=O) groups is 1. The molecule has 0 bridgehead atoms. The molecule has 2 aromatic rings. The van der Waals surface area contributed by atoms with Gasteiger partial charge in [-0.2, -0.15) is 0 Å².